The van der Waals surface area contributed by atoms with Crippen molar-refractivity contribution in [3.8, 4) is 0 Å². The van der Waals surface area contributed by atoms with Crippen LogP contribution in [-0.4, -0.2) is 38.8 Å². The summed E-state index contributed by atoms with van der Waals surface area (Å²) >= 11 is 0.745. The summed E-state index contributed by atoms with van der Waals surface area (Å²) in [6.07, 6.45) is -1.62. The first-order valence-electron chi connectivity index (χ1n) is 8.93. The van der Waals surface area contributed by atoms with Crippen LogP contribution in [-0.2, 0) is 9.47 Å². The molecular weight excluding hydrogens is 398 g/mol. The number of carbonyl (C=O) groups excluding carboxylic acids is 1. The Bertz CT molecular complexity index is 1170. The summed E-state index contributed by atoms with van der Waals surface area (Å²) in [5, 5.41) is 0. The van der Waals surface area contributed by atoms with Crippen molar-refractivity contribution < 1.29 is 14.3 Å². The third-order valence-electron chi connectivity index (χ3n) is 4.76. The van der Waals surface area contributed by atoms with Gasteiger partial charge in [0.2, 0.25) is 5.95 Å². The lowest BCUT2D eigenvalue weighted by molar-refractivity contribution is -0.0639. The van der Waals surface area contributed by atoms with Crippen LogP contribution in [0.1, 0.15) is 29.9 Å². The van der Waals surface area contributed by atoms with Gasteiger partial charge in [-0.2, -0.15) is 4.98 Å². The summed E-state index contributed by atoms with van der Waals surface area (Å²) in [5.41, 5.74) is 11.9. The van der Waals surface area contributed by atoms with E-state index in [0.717, 1.165) is 11.3 Å². The topological polar surface area (TPSA) is 155 Å². The highest BCUT2D eigenvalue weighted by molar-refractivity contribution is 7.16. The third kappa shape index (κ3) is 3.55. The molecule has 1 fully saturated rings. The normalized spacial score (nSPS) is 22.6. The second-order valence-electron chi connectivity index (χ2n) is 6.78. The lowest BCUT2D eigenvalue weighted by Crippen LogP contribution is -2.32. The molecule has 0 aliphatic carbocycles. The number of thiazole rings is 1. The second-order valence-corrected chi connectivity index (χ2v) is 7.74. The monoisotopic (exact) mass is 417 g/mol. The Balaban J connectivity index is 1.57. The molecule has 0 spiro atoms. The van der Waals surface area contributed by atoms with Gasteiger partial charge in [-0.05, 0) is 25.5 Å². The Hall–Kier alpha value is -3.02. The summed E-state index contributed by atoms with van der Waals surface area (Å²) in [4.78, 5) is 42.8. The van der Waals surface area contributed by atoms with Crippen LogP contribution in [0.15, 0.2) is 39.9 Å². The van der Waals surface area contributed by atoms with Crippen molar-refractivity contribution in [3.05, 3.63) is 55.9 Å². The van der Waals surface area contributed by atoms with Crippen LogP contribution in [0, 0.1) is 0 Å². The first-order valence-corrected chi connectivity index (χ1v) is 9.74. The van der Waals surface area contributed by atoms with E-state index in [2.05, 4.69) is 9.97 Å². The minimum Gasteiger partial charge on any atom is -0.456 e. The fourth-order valence-corrected chi connectivity index (χ4v) is 4.17. The van der Waals surface area contributed by atoms with Crippen molar-refractivity contribution in [3.63, 3.8) is 0 Å². The largest absolute Gasteiger partial charge is 0.456 e. The number of hydrogen-bond donors (Lipinski definition) is 3. The molecule has 1 unspecified atom stereocenters. The number of aromatic amines is 1. The van der Waals surface area contributed by atoms with Crippen LogP contribution < -0.4 is 21.9 Å². The van der Waals surface area contributed by atoms with Crippen molar-refractivity contribution in [1.29, 1.82) is 0 Å². The number of fused-ring (bicyclic) bond motifs is 1. The van der Waals surface area contributed by atoms with E-state index in [1.807, 2.05) is 0 Å². The SMILES string of the molecule is CC(OC(=O)c1ccccc1)[C@@H]1C[C@@H](N)[C@H](n2c(=O)sc3c(=O)[nH]c(N)nc32)O1. The van der Waals surface area contributed by atoms with Crippen molar-refractivity contribution in [1.82, 2.24) is 14.5 Å². The fourth-order valence-electron chi connectivity index (χ4n) is 3.33. The molecule has 1 aliphatic heterocycles. The lowest BCUT2D eigenvalue weighted by Gasteiger charge is -2.21. The minimum absolute atomic E-state index is 0.109. The van der Waals surface area contributed by atoms with Crippen LogP contribution in [0.25, 0.3) is 10.3 Å². The first kappa shape index (κ1) is 19.3. The number of nitrogen functional groups attached to an aromatic ring is 1. The molecule has 29 heavy (non-hydrogen) atoms. The van der Waals surface area contributed by atoms with Crippen LogP contribution in [0.4, 0.5) is 5.95 Å². The Morgan fingerprint density at radius 1 is 1.38 bits per heavy atom. The number of nitrogens with zero attached hydrogens (tertiary/aromatic N) is 2. The molecule has 5 N–H and O–H groups in total. The van der Waals surface area contributed by atoms with Crippen LogP contribution in [0.2, 0.25) is 0 Å². The average Bonchev–Trinajstić information content (AvgIpc) is 3.22. The van der Waals surface area contributed by atoms with E-state index < -0.39 is 40.9 Å². The number of H-pyrrole nitrogens is 1. The van der Waals surface area contributed by atoms with E-state index in [4.69, 9.17) is 20.9 Å². The van der Waals surface area contributed by atoms with Crippen LogP contribution in [0.3, 0.4) is 0 Å². The van der Waals surface area contributed by atoms with Gasteiger partial charge in [-0.25, -0.2) is 4.79 Å². The molecule has 4 rings (SSSR count). The number of carbonyl (C=O) groups is 1. The number of rotatable bonds is 4. The second kappa shape index (κ2) is 7.43. The number of benzene rings is 1. The molecule has 4 atom stereocenters. The maximum atomic E-state index is 12.5. The standard InChI is InChI=1S/C18H19N5O5S/c1-8(27-16(25)9-5-3-2-4-6-9)11-7-10(19)15(28-11)23-13-12(29-18(23)26)14(24)22-17(20)21-13/h2-6,8,10-11,15H,7,19H2,1H3,(H3,20,21,22,24)/t8?,10-,11+,15-/m1/s1. The molecular formula is C18H19N5O5S. The molecule has 1 aromatic carbocycles. The van der Waals surface area contributed by atoms with Crippen molar-refractivity contribution >= 4 is 33.6 Å². The molecule has 1 saturated heterocycles. The van der Waals surface area contributed by atoms with Gasteiger partial charge in [-0.1, -0.05) is 29.5 Å². The van der Waals surface area contributed by atoms with E-state index in [9.17, 15) is 14.4 Å². The van der Waals surface area contributed by atoms with Gasteiger partial charge >= 0.3 is 10.8 Å². The smallest absolute Gasteiger partial charge is 0.338 e. The number of esters is 1. The Morgan fingerprint density at radius 2 is 2.10 bits per heavy atom. The van der Waals surface area contributed by atoms with E-state index in [-0.39, 0.29) is 16.3 Å². The molecule has 10 nitrogen and oxygen atoms in total. The first-order chi connectivity index (χ1) is 13.8. The molecule has 0 amide bonds. The summed E-state index contributed by atoms with van der Waals surface area (Å²) in [6.45, 7) is 1.70. The zero-order valence-electron chi connectivity index (χ0n) is 15.4. The number of nitrogens with one attached hydrogen (secondary N) is 1. The maximum Gasteiger partial charge on any atom is 0.338 e. The molecule has 3 aromatic rings. The zero-order valence-corrected chi connectivity index (χ0v) is 16.2. The van der Waals surface area contributed by atoms with E-state index in [1.54, 1.807) is 37.3 Å². The van der Waals surface area contributed by atoms with Crippen molar-refractivity contribution in [2.24, 2.45) is 5.73 Å². The van der Waals surface area contributed by atoms with E-state index in [0.29, 0.717) is 12.0 Å². The number of ether oxygens (including phenoxy) is 2. The van der Waals surface area contributed by atoms with Gasteiger partial charge in [0.05, 0.1) is 17.7 Å². The summed E-state index contributed by atoms with van der Waals surface area (Å²) in [7, 11) is 0. The number of anilines is 1. The maximum absolute atomic E-state index is 12.5. The van der Waals surface area contributed by atoms with Crippen LogP contribution >= 0.6 is 11.3 Å². The summed E-state index contributed by atoms with van der Waals surface area (Å²) < 4.78 is 12.8. The predicted molar refractivity (Wildman–Crippen MR) is 107 cm³/mol. The van der Waals surface area contributed by atoms with E-state index in [1.165, 1.54) is 4.57 Å². The molecule has 0 bridgehead atoms. The third-order valence-corrected chi connectivity index (χ3v) is 5.70. The van der Waals surface area contributed by atoms with Gasteiger partial charge in [-0.3, -0.25) is 19.1 Å². The molecule has 0 radical (unpaired) electrons. The molecule has 3 heterocycles. The van der Waals surface area contributed by atoms with Crippen LogP contribution in [0.5, 0.6) is 0 Å². The molecule has 152 valence electrons. The Morgan fingerprint density at radius 3 is 2.83 bits per heavy atom. The minimum atomic E-state index is -0.854. The Labute approximate surface area is 168 Å². The zero-order chi connectivity index (χ0) is 20.7. The van der Waals surface area contributed by atoms with Gasteiger partial charge in [0.15, 0.2) is 11.9 Å². The quantitative estimate of drug-likeness (QED) is 0.521. The highest BCUT2D eigenvalue weighted by Crippen LogP contribution is 2.31. The number of aromatic nitrogens is 3. The van der Waals surface area contributed by atoms with Crippen molar-refractivity contribution in [2.45, 2.75) is 37.8 Å². The highest BCUT2D eigenvalue weighted by Gasteiger charge is 2.40. The molecule has 11 heteroatoms. The fraction of sp³-hybridized carbons (Fsp3) is 0.333. The van der Waals surface area contributed by atoms with Gasteiger partial charge < -0.3 is 20.9 Å². The van der Waals surface area contributed by atoms with Gasteiger partial charge in [0.1, 0.15) is 10.8 Å². The number of hydrogen-bond acceptors (Lipinski definition) is 9. The summed E-state index contributed by atoms with van der Waals surface area (Å²) in [5.74, 6) is -0.583. The Kier molecular flexibility index (Phi) is 4.94. The molecule has 1 aliphatic rings. The number of nitrogens with two attached hydrogens (primary N) is 2. The van der Waals surface area contributed by atoms with Gasteiger partial charge in [0, 0.05) is 0 Å². The van der Waals surface area contributed by atoms with Gasteiger partial charge in [0.25, 0.3) is 5.56 Å². The lowest BCUT2D eigenvalue weighted by atomic mass is 10.1. The van der Waals surface area contributed by atoms with E-state index >= 15 is 0 Å². The highest BCUT2D eigenvalue weighted by atomic mass is 32.1. The molecule has 2 aromatic heterocycles. The van der Waals surface area contributed by atoms with Crippen molar-refractivity contribution in [2.75, 3.05) is 5.73 Å². The average molecular weight is 417 g/mol. The predicted octanol–water partition coefficient (Wildman–Crippen LogP) is 0.589. The summed E-state index contributed by atoms with van der Waals surface area (Å²) in [6, 6.07) is 8.05. The molecule has 0 saturated carbocycles. The van der Waals surface area contributed by atoms with Gasteiger partial charge in [-0.15, -0.1) is 0 Å².